The maximum atomic E-state index is 12.0. The number of hydrogen-bond acceptors (Lipinski definition) is 4. The van der Waals surface area contributed by atoms with Gasteiger partial charge in [0.15, 0.2) is 0 Å². The van der Waals surface area contributed by atoms with Gasteiger partial charge in [0.05, 0.1) is 5.56 Å². The molecule has 112 valence electrons. The quantitative estimate of drug-likeness (QED) is 0.896. The highest BCUT2D eigenvalue weighted by atomic mass is 32.1. The Kier molecular flexibility index (Phi) is 4.12. The molecule has 5 heteroatoms. The third kappa shape index (κ3) is 2.97. The topological polar surface area (TPSA) is 62.1 Å². The smallest absolute Gasteiger partial charge is 0.410 e. The lowest BCUT2D eigenvalue weighted by Crippen LogP contribution is -2.16. The Morgan fingerprint density at radius 3 is 2.91 bits per heavy atom. The first-order chi connectivity index (χ1) is 10.7. The second-order valence-corrected chi connectivity index (χ2v) is 6.60. The van der Waals surface area contributed by atoms with E-state index in [4.69, 9.17) is 4.74 Å². The molecule has 1 aromatic heterocycles. The monoisotopic (exact) mass is 312 g/mol. The molecule has 0 aliphatic heterocycles. The molecule has 1 atom stereocenters. The third-order valence-corrected chi connectivity index (χ3v) is 4.96. The first-order valence-corrected chi connectivity index (χ1v) is 8.07. The Morgan fingerprint density at radius 2 is 2.18 bits per heavy atom. The molecule has 1 aromatic carbocycles. The van der Waals surface area contributed by atoms with E-state index in [0.29, 0.717) is 22.2 Å². The number of thiophene rings is 1. The fourth-order valence-corrected chi connectivity index (χ4v) is 4.02. The number of para-hydroxylation sites is 1. The van der Waals surface area contributed by atoms with Crippen LogP contribution in [0.5, 0.6) is 5.75 Å². The van der Waals surface area contributed by atoms with Crippen LogP contribution < -0.4 is 10.1 Å². The Balaban J connectivity index is 1.78. The molecule has 2 aromatic rings. The van der Waals surface area contributed by atoms with E-state index in [1.807, 2.05) is 6.07 Å². The Morgan fingerprint density at radius 1 is 1.41 bits per heavy atom. The van der Waals surface area contributed by atoms with Crippen LogP contribution in [0.4, 0.5) is 9.80 Å². The lowest BCUT2D eigenvalue weighted by Gasteiger charge is -2.17. The number of ether oxygens (including phenoxy) is 1. The molecule has 22 heavy (non-hydrogen) atoms. The van der Waals surface area contributed by atoms with Crippen LogP contribution in [0.15, 0.2) is 30.3 Å². The molecule has 1 N–H and O–H groups in total. The first-order valence-electron chi connectivity index (χ1n) is 7.26. The highest BCUT2D eigenvalue weighted by Gasteiger charge is 2.24. The standard InChI is InChI=1S/C17H16N2O2S/c1-11-7-8-13-14(10-18)16(22-15(13)9-11)19-17(20)21-12-5-3-2-4-6-12/h2-6,11H,7-9H2,1H3,(H,19,20). The first kappa shape index (κ1) is 14.6. The third-order valence-electron chi connectivity index (χ3n) is 3.79. The summed E-state index contributed by atoms with van der Waals surface area (Å²) >= 11 is 1.49. The van der Waals surface area contributed by atoms with E-state index in [2.05, 4.69) is 18.3 Å². The van der Waals surface area contributed by atoms with Crippen molar-refractivity contribution in [1.29, 1.82) is 5.26 Å². The highest BCUT2D eigenvalue weighted by Crippen LogP contribution is 2.39. The number of fused-ring (bicyclic) bond motifs is 1. The van der Waals surface area contributed by atoms with Crippen molar-refractivity contribution in [3.8, 4) is 11.8 Å². The van der Waals surface area contributed by atoms with E-state index in [0.717, 1.165) is 24.8 Å². The molecule has 0 fully saturated rings. The molecule has 0 saturated carbocycles. The number of anilines is 1. The van der Waals surface area contributed by atoms with Crippen molar-refractivity contribution in [1.82, 2.24) is 0 Å². The lowest BCUT2D eigenvalue weighted by molar-refractivity contribution is 0.215. The van der Waals surface area contributed by atoms with E-state index < -0.39 is 6.09 Å². The number of benzene rings is 1. The van der Waals surface area contributed by atoms with Crippen molar-refractivity contribution in [3.63, 3.8) is 0 Å². The van der Waals surface area contributed by atoms with Crippen LogP contribution in [0, 0.1) is 17.2 Å². The number of amides is 1. The second-order valence-electron chi connectivity index (χ2n) is 5.50. The molecule has 0 saturated heterocycles. The Hall–Kier alpha value is -2.32. The van der Waals surface area contributed by atoms with E-state index in [9.17, 15) is 10.1 Å². The number of carbonyl (C=O) groups is 1. The largest absolute Gasteiger partial charge is 0.417 e. The Labute approximate surface area is 133 Å². The number of rotatable bonds is 2. The summed E-state index contributed by atoms with van der Waals surface area (Å²) in [5, 5.41) is 12.7. The van der Waals surface area contributed by atoms with Gasteiger partial charge < -0.3 is 4.74 Å². The van der Waals surface area contributed by atoms with Gasteiger partial charge in [0.2, 0.25) is 0 Å². The minimum absolute atomic E-state index is 0.480. The summed E-state index contributed by atoms with van der Waals surface area (Å²) in [6, 6.07) is 11.1. The van der Waals surface area contributed by atoms with Gasteiger partial charge in [-0.15, -0.1) is 11.3 Å². The van der Waals surface area contributed by atoms with E-state index in [1.54, 1.807) is 24.3 Å². The van der Waals surface area contributed by atoms with Gasteiger partial charge in [-0.3, -0.25) is 5.32 Å². The fourth-order valence-electron chi connectivity index (χ4n) is 2.67. The molecular weight excluding hydrogens is 296 g/mol. The van der Waals surface area contributed by atoms with Crippen LogP contribution in [-0.4, -0.2) is 6.09 Å². The summed E-state index contributed by atoms with van der Waals surface area (Å²) in [4.78, 5) is 13.2. The van der Waals surface area contributed by atoms with Crippen LogP contribution in [0.2, 0.25) is 0 Å². The summed E-state index contributed by atoms with van der Waals surface area (Å²) < 4.78 is 5.22. The molecule has 1 heterocycles. The average Bonchev–Trinajstić information content (AvgIpc) is 2.84. The maximum absolute atomic E-state index is 12.0. The van der Waals surface area contributed by atoms with Crippen molar-refractivity contribution in [2.45, 2.75) is 26.2 Å². The van der Waals surface area contributed by atoms with Gasteiger partial charge in [-0.25, -0.2) is 4.79 Å². The summed E-state index contributed by atoms with van der Waals surface area (Å²) in [5.74, 6) is 1.11. The molecule has 4 nitrogen and oxygen atoms in total. The van der Waals surface area contributed by atoms with Gasteiger partial charge in [-0.2, -0.15) is 5.26 Å². The van der Waals surface area contributed by atoms with Crippen molar-refractivity contribution < 1.29 is 9.53 Å². The molecule has 0 radical (unpaired) electrons. The van der Waals surface area contributed by atoms with Gasteiger partial charge in [0.25, 0.3) is 0 Å². The normalized spacial score (nSPS) is 16.5. The zero-order valence-electron chi connectivity index (χ0n) is 12.3. The van der Waals surface area contributed by atoms with Crippen molar-refractivity contribution in [2.24, 2.45) is 5.92 Å². The molecular formula is C17H16N2O2S. The molecule has 1 aliphatic carbocycles. The zero-order chi connectivity index (χ0) is 15.5. The van der Waals surface area contributed by atoms with Crippen LogP contribution in [0.3, 0.4) is 0 Å². The van der Waals surface area contributed by atoms with Gasteiger partial charge in [0.1, 0.15) is 16.8 Å². The zero-order valence-corrected chi connectivity index (χ0v) is 13.1. The molecule has 1 unspecified atom stereocenters. The van der Waals surface area contributed by atoms with E-state index in [-0.39, 0.29) is 0 Å². The van der Waals surface area contributed by atoms with Gasteiger partial charge in [0, 0.05) is 4.88 Å². The fraction of sp³-hybridized carbons (Fsp3) is 0.294. The van der Waals surface area contributed by atoms with Crippen molar-refractivity contribution in [3.05, 3.63) is 46.3 Å². The number of nitrogens with zero attached hydrogens (tertiary/aromatic N) is 1. The van der Waals surface area contributed by atoms with Gasteiger partial charge in [-0.1, -0.05) is 25.1 Å². The van der Waals surface area contributed by atoms with Crippen LogP contribution in [-0.2, 0) is 12.8 Å². The molecule has 1 amide bonds. The number of nitrogens with one attached hydrogen (secondary N) is 1. The summed E-state index contributed by atoms with van der Waals surface area (Å²) in [6.07, 6.45) is 2.41. The van der Waals surface area contributed by atoms with Crippen LogP contribution in [0.1, 0.15) is 29.3 Å². The predicted octanol–water partition coefficient (Wildman–Crippen LogP) is 4.36. The number of nitriles is 1. The van der Waals surface area contributed by atoms with Crippen molar-refractivity contribution in [2.75, 3.05) is 5.32 Å². The van der Waals surface area contributed by atoms with Crippen molar-refractivity contribution >= 4 is 22.4 Å². The molecule has 0 bridgehead atoms. The Bertz CT molecular complexity index is 731. The second kappa shape index (κ2) is 6.20. The summed E-state index contributed by atoms with van der Waals surface area (Å²) in [7, 11) is 0. The van der Waals surface area contributed by atoms with Gasteiger partial charge >= 0.3 is 6.09 Å². The number of carbonyl (C=O) groups excluding carboxylic acids is 1. The average molecular weight is 312 g/mol. The van der Waals surface area contributed by atoms with Crippen LogP contribution in [0.25, 0.3) is 0 Å². The summed E-state index contributed by atoms with van der Waals surface area (Å²) in [6.45, 7) is 2.21. The molecule has 1 aliphatic rings. The molecule has 3 rings (SSSR count). The minimum atomic E-state index is -0.561. The van der Waals surface area contributed by atoms with Crippen LogP contribution >= 0.6 is 11.3 Å². The minimum Gasteiger partial charge on any atom is -0.410 e. The number of hydrogen-bond donors (Lipinski definition) is 1. The van der Waals surface area contributed by atoms with Gasteiger partial charge in [-0.05, 0) is 42.9 Å². The molecule has 0 spiro atoms. The lowest BCUT2D eigenvalue weighted by atomic mass is 9.89. The predicted molar refractivity (Wildman–Crippen MR) is 86.3 cm³/mol. The highest BCUT2D eigenvalue weighted by molar-refractivity contribution is 7.16. The summed E-state index contributed by atoms with van der Waals surface area (Å²) in [5.41, 5.74) is 1.69. The SMILES string of the molecule is CC1CCc2c(sc(NC(=O)Oc3ccccc3)c2C#N)C1. The maximum Gasteiger partial charge on any atom is 0.417 e. The van der Waals surface area contributed by atoms with E-state index >= 15 is 0 Å². The van der Waals surface area contributed by atoms with E-state index in [1.165, 1.54) is 16.2 Å².